The van der Waals surface area contributed by atoms with Crippen LogP contribution in [0.3, 0.4) is 0 Å². The molecule has 2 nitrogen and oxygen atoms in total. The van der Waals surface area contributed by atoms with Crippen molar-refractivity contribution in [1.82, 2.24) is 0 Å². The summed E-state index contributed by atoms with van der Waals surface area (Å²) in [6.45, 7) is 15.5. The molecule has 0 fully saturated rings. The fourth-order valence-electron chi connectivity index (χ4n) is 8.11. The highest BCUT2D eigenvalue weighted by Crippen LogP contribution is 2.49. The lowest BCUT2D eigenvalue weighted by Gasteiger charge is -2.32. The van der Waals surface area contributed by atoms with Gasteiger partial charge in [-0.3, -0.25) is 0 Å². The van der Waals surface area contributed by atoms with E-state index < -0.39 is 11.6 Å². The first-order valence-corrected chi connectivity index (χ1v) is 17.1. The Bertz CT molecular complexity index is 1740. The van der Waals surface area contributed by atoms with Gasteiger partial charge in [0, 0.05) is 46.6 Å². The maximum Gasteiger partial charge on any atom is 0.166 e. The molecule has 0 N–H and O–H groups in total. The van der Waals surface area contributed by atoms with Crippen LogP contribution in [0.15, 0.2) is 108 Å². The van der Waals surface area contributed by atoms with E-state index in [0.717, 1.165) is 61.9 Å². The summed E-state index contributed by atoms with van der Waals surface area (Å²) >= 11 is 0. The number of hydrogen-bond donors (Lipinski definition) is 0. The van der Waals surface area contributed by atoms with Crippen LogP contribution in [0.25, 0.3) is 5.57 Å². The normalized spacial score (nSPS) is 22.0. The molecule has 4 heteroatoms. The molecule has 0 saturated carbocycles. The Morgan fingerprint density at radius 2 is 1.48 bits per heavy atom. The number of anilines is 2. The van der Waals surface area contributed by atoms with Gasteiger partial charge >= 0.3 is 0 Å². The van der Waals surface area contributed by atoms with Crippen molar-refractivity contribution in [3.8, 4) is 0 Å². The number of para-hydroxylation sites is 2. The summed E-state index contributed by atoms with van der Waals surface area (Å²) in [5.74, 6) is -1.58. The molecular formula is C42H48F2N2. The molecule has 1 unspecified atom stereocenters. The maximum absolute atomic E-state index is 15.7. The second-order valence-corrected chi connectivity index (χ2v) is 14.1. The van der Waals surface area contributed by atoms with Crippen LogP contribution < -0.4 is 9.80 Å². The van der Waals surface area contributed by atoms with Gasteiger partial charge in [-0.1, -0.05) is 108 Å². The highest BCUT2D eigenvalue weighted by molar-refractivity contribution is 5.85. The minimum absolute atomic E-state index is 0.0867. The van der Waals surface area contributed by atoms with E-state index in [1.807, 2.05) is 0 Å². The number of benzene rings is 3. The van der Waals surface area contributed by atoms with Crippen LogP contribution >= 0.6 is 0 Å². The summed E-state index contributed by atoms with van der Waals surface area (Å²) in [6, 6.07) is 22.1. The number of allylic oxidation sites excluding steroid dienone is 7. The van der Waals surface area contributed by atoms with Gasteiger partial charge in [0.25, 0.3) is 0 Å². The second-order valence-electron chi connectivity index (χ2n) is 14.1. The SMILES string of the molecule is CCCN1/C(=C/C=C2\CCCC(/C=C/C3N(CCC)c4ccccc4C3(C)C)=C2c2cccc(F)c2F)C(C)(C)c2ccccc21. The number of fused-ring (bicyclic) bond motifs is 2. The maximum atomic E-state index is 15.7. The van der Waals surface area contributed by atoms with Crippen molar-refractivity contribution in [2.45, 2.75) is 90.5 Å². The van der Waals surface area contributed by atoms with Crippen molar-refractivity contribution in [2.75, 3.05) is 22.9 Å². The minimum atomic E-state index is -0.806. The Hall–Kier alpha value is -3.92. The Morgan fingerprint density at radius 3 is 2.22 bits per heavy atom. The van der Waals surface area contributed by atoms with Crippen molar-refractivity contribution in [1.29, 1.82) is 0 Å². The molecule has 2 aliphatic heterocycles. The summed E-state index contributed by atoms with van der Waals surface area (Å²) in [7, 11) is 0. The molecular weight excluding hydrogens is 570 g/mol. The van der Waals surface area contributed by atoms with Gasteiger partial charge < -0.3 is 9.80 Å². The van der Waals surface area contributed by atoms with Gasteiger partial charge in [0.2, 0.25) is 0 Å². The number of rotatable bonds is 8. The average molecular weight is 619 g/mol. The molecule has 46 heavy (non-hydrogen) atoms. The van der Waals surface area contributed by atoms with Gasteiger partial charge in [0.1, 0.15) is 0 Å². The lowest BCUT2D eigenvalue weighted by Crippen LogP contribution is -2.40. The molecule has 1 atom stereocenters. The largest absolute Gasteiger partial charge is 0.364 e. The van der Waals surface area contributed by atoms with Crippen LogP contribution in [-0.2, 0) is 10.8 Å². The molecule has 0 saturated heterocycles. The van der Waals surface area contributed by atoms with Crippen LogP contribution in [0.4, 0.5) is 20.2 Å². The molecule has 2 heterocycles. The van der Waals surface area contributed by atoms with Crippen LogP contribution in [0, 0.1) is 11.6 Å². The highest BCUT2D eigenvalue weighted by atomic mass is 19.2. The molecule has 6 rings (SSSR count). The smallest absolute Gasteiger partial charge is 0.166 e. The first-order chi connectivity index (χ1) is 22.1. The Kier molecular flexibility index (Phi) is 8.85. The molecule has 3 aromatic rings. The van der Waals surface area contributed by atoms with Gasteiger partial charge in [-0.05, 0) is 84.2 Å². The van der Waals surface area contributed by atoms with Crippen LogP contribution in [0.1, 0.15) is 90.3 Å². The molecule has 1 aliphatic carbocycles. The Balaban J connectivity index is 1.47. The number of halogens is 2. The second kappa shape index (κ2) is 12.7. The van der Waals surface area contributed by atoms with E-state index in [2.05, 4.69) is 124 Å². The predicted molar refractivity (Wildman–Crippen MR) is 190 cm³/mol. The molecule has 240 valence electrons. The zero-order valence-electron chi connectivity index (χ0n) is 28.3. The summed E-state index contributed by atoms with van der Waals surface area (Å²) in [5, 5.41) is 0. The van der Waals surface area contributed by atoms with E-state index in [9.17, 15) is 4.39 Å². The van der Waals surface area contributed by atoms with Crippen LogP contribution in [-0.4, -0.2) is 19.1 Å². The minimum Gasteiger partial charge on any atom is -0.364 e. The molecule has 3 aliphatic rings. The third-order valence-electron chi connectivity index (χ3n) is 10.4. The van der Waals surface area contributed by atoms with Crippen molar-refractivity contribution in [3.05, 3.63) is 136 Å². The topological polar surface area (TPSA) is 6.48 Å². The summed E-state index contributed by atoms with van der Waals surface area (Å²) in [5.41, 5.74) is 9.54. The zero-order chi connectivity index (χ0) is 32.6. The van der Waals surface area contributed by atoms with E-state index >= 15 is 4.39 Å². The van der Waals surface area contributed by atoms with Crippen molar-refractivity contribution in [3.63, 3.8) is 0 Å². The molecule has 0 aromatic heterocycles. The third kappa shape index (κ3) is 5.44. The van der Waals surface area contributed by atoms with Gasteiger partial charge in [-0.15, -0.1) is 0 Å². The molecule has 3 aromatic carbocycles. The van der Waals surface area contributed by atoms with Gasteiger partial charge in [0.05, 0.1) is 6.04 Å². The average Bonchev–Trinajstić information content (AvgIpc) is 3.39. The fraction of sp³-hybridized carbons (Fsp3) is 0.381. The highest BCUT2D eigenvalue weighted by Gasteiger charge is 2.43. The lowest BCUT2D eigenvalue weighted by atomic mass is 9.79. The lowest BCUT2D eigenvalue weighted by molar-refractivity contribution is 0.473. The van der Waals surface area contributed by atoms with E-state index in [1.165, 1.54) is 34.3 Å². The fourth-order valence-corrected chi connectivity index (χ4v) is 8.11. The first-order valence-electron chi connectivity index (χ1n) is 17.1. The van der Waals surface area contributed by atoms with Crippen molar-refractivity contribution < 1.29 is 8.78 Å². The summed E-state index contributed by atoms with van der Waals surface area (Å²) in [4.78, 5) is 4.95. The van der Waals surface area contributed by atoms with Crippen LogP contribution in [0.5, 0.6) is 0 Å². The summed E-state index contributed by atoms with van der Waals surface area (Å²) < 4.78 is 30.4. The van der Waals surface area contributed by atoms with Crippen LogP contribution in [0.2, 0.25) is 0 Å². The van der Waals surface area contributed by atoms with Gasteiger partial charge in [-0.2, -0.15) is 0 Å². The quantitative estimate of drug-likeness (QED) is 0.248. The van der Waals surface area contributed by atoms with E-state index in [-0.39, 0.29) is 16.9 Å². The van der Waals surface area contributed by atoms with E-state index in [1.54, 1.807) is 12.1 Å². The third-order valence-corrected chi connectivity index (χ3v) is 10.4. The number of nitrogens with zero attached hydrogens (tertiary/aromatic N) is 2. The Morgan fingerprint density at radius 1 is 0.783 bits per heavy atom. The summed E-state index contributed by atoms with van der Waals surface area (Å²) in [6.07, 6.45) is 13.7. The molecule has 0 radical (unpaired) electrons. The van der Waals surface area contributed by atoms with Crippen molar-refractivity contribution >= 4 is 16.9 Å². The molecule has 0 amide bonds. The van der Waals surface area contributed by atoms with E-state index in [4.69, 9.17) is 0 Å². The number of hydrogen-bond acceptors (Lipinski definition) is 2. The van der Waals surface area contributed by atoms with Gasteiger partial charge in [-0.25, -0.2) is 8.78 Å². The molecule has 0 bridgehead atoms. The van der Waals surface area contributed by atoms with E-state index in [0.29, 0.717) is 5.56 Å². The predicted octanol–water partition coefficient (Wildman–Crippen LogP) is 11.1. The zero-order valence-corrected chi connectivity index (χ0v) is 28.3. The standard InChI is InChI=1S/C42H48F2N2/c1-7-27-45-35-21-11-9-18-32(35)41(3,4)37(45)25-23-29-15-13-16-30(39(29)31-17-14-20-34(43)40(31)44)24-26-38-42(5,6)33-19-10-12-22-36(33)46(38)28-8-2/h9-12,14,17-26,37H,7-8,13,15-16,27-28H2,1-6H3/b25-23+,30-24+,38-26+. The Labute approximate surface area is 274 Å². The first kappa shape index (κ1) is 32.0. The van der Waals surface area contributed by atoms with Gasteiger partial charge in [0.15, 0.2) is 11.6 Å². The van der Waals surface area contributed by atoms with Crippen molar-refractivity contribution in [2.24, 2.45) is 0 Å². The molecule has 0 spiro atoms. The monoisotopic (exact) mass is 618 g/mol.